The number of thiazole rings is 1. The zero-order chi connectivity index (χ0) is 13.1. The van der Waals surface area contributed by atoms with E-state index in [-0.39, 0.29) is 5.84 Å². The van der Waals surface area contributed by atoms with Crippen LogP contribution in [0.5, 0.6) is 0 Å². The Morgan fingerprint density at radius 1 is 1.44 bits per heavy atom. The number of para-hydroxylation sites is 1. The number of benzene rings is 1. The predicted molar refractivity (Wildman–Crippen MR) is 78.6 cm³/mol. The van der Waals surface area contributed by atoms with Crippen LogP contribution in [0.4, 0.5) is 5.13 Å². The molecule has 0 amide bonds. The summed E-state index contributed by atoms with van der Waals surface area (Å²) in [5.74, 6) is 0.224. The first kappa shape index (κ1) is 12.8. The first-order chi connectivity index (χ1) is 8.58. The number of nitrogens with two attached hydrogens (primary N) is 1. The molecule has 3 N–H and O–H groups in total. The summed E-state index contributed by atoms with van der Waals surface area (Å²) in [5.41, 5.74) is 6.47. The molecule has 96 valence electrons. The molecule has 1 aromatic carbocycles. The van der Waals surface area contributed by atoms with E-state index in [2.05, 4.69) is 29.8 Å². The predicted octanol–water partition coefficient (Wildman–Crippen LogP) is 2.84. The van der Waals surface area contributed by atoms with Crippen molar-refractivity contribution >= 4 is 32.5 Å². The van der Waals surface area contributed by atoms with Crippen molar-refractivity contribution in [2.45, 2.75) is 26.3 Å². The van der Waals surface area contributed by atoms with Gasteiger partial charge < -0.3 is 10.6 Å². The van der Waals surface area contributed by atoms with Gasteiger partial charge in [-0.05, 0) is 26.0 Å². The summed E-state index contributed by atoms with van der Waals surface area (Å²) in [6, 6.07) is 8.49. The third kappa shape index (κ3) is 2.79. The summed E-state index contributed by atoms with van der Waals surface area (Å²) in [6.07, 6.45) is 0.577. The Balaban J connectivity index is 2.26. The standard InChI is InChI=1S/C13H18N4S/c1-9(2)17(8-7-12(14)15)13-16-10-5-3-4-6-11(10)18-13/h3-6,9H,7-8H2,1-2H3,(H3,14,15). The van der Waals surface area contributed by atoms with Gasteiger partial charge in [0, 0.05) is 19.0 Å². The largest absolute Gasteiger partial charge is 0.388 e. The Hall–Kier alpha value is -1.62. The van der Waals surface area contributed by atoms with E-state index in [9.17, 15) is 0 Å². The first-order valence-corrected chi connectivity index (χ1v) is 6.84. The van der Waals surface area contributed by atoms with Gasteiger partial charge >= 0.3 is 0 Å². The average Bonchev–Trinajstić information content (AvgIpc) is 2.71. The number of anilines is 1. The molecule has 0 unspecified atom stereocenters. The van der Waals surface area contributed by atoms with E-state index in [1.807, 2.05) is 18.2 Å². The molecule has 1 aromatic heterocycles. The third-order valence-electron chi connectivity index (χ3n) is 2.77. The van der Waals surface area contributed by atoms with Crippen LogP contribution in [0.15, 0.2) is 24.3 Å². The molecule has 0 radical (unpaired) electrons. The van der Waals surface area contributed by atoms with E-state index in [0.29, 0.717) is 12.5 Å². The maximum atomic E-state index is 7.33. The molecule has 0 spiro atoms. The van der Waals surface area contributed by atoms with Gasteiger partial charge in [0.25, 0.3) is 0 Å². The van der Waals surface area contributed by atoms with Crippen molar-refractivity contribution in [2.75, 3.05) is 11.4 Å². The van der Waals surface area contributed by atoms with Gasteiger partial charge in [0.05, 0.1) is 16.1 Å². The summed E-state index contributed by atoms with van der Waals surface area (Å²) in [7, 11) is 0. The fourth-order valence-electron chi connectivity index (χ4n) is 1.80. The molecule has 1 heterocycles. The van der Waals surface area contributed by atoms with Crippen molar-refractivity contribution in [3.8, 4) is 0 Å². The highest BCUT2D eigenvalue weighted by Crippen LogP contribution is 2.29. The first-order valence-electron chi connectivity index (χ1n) is 6.03. The van der Waals surface area contributed by atoms with Crippen molar-refractivity contribution in [1.29, 1.82) is 5.41 Å². The van der Waals surface area contributed by atoms with Crippen LogP contribution in [-0.4, -0.2) is 23.4 Å². The highest BCUT2D eigenvalue weighted by molar-refractivity contribution is 7.22. The quantitative estimate of drug-likeness (QED) is 0.643. The summed E-state index contributed by atoms with van der Waals surface area (Å²) < 4.78 is 1.20. The molecule has 0 aliphatic carbocycles. The van der Waals surface area contributed by atoms with Crippen molar-refractivity contribution in [1.82, 2.24) is 4.98 Å². The zero-order valence-corrected chi connectivity index (χ0v) is 11.5. The Morgan fingerprint density at radius 2 is 2.17 bits per heavy atom. The van der Waals surface area contributed by atoms with E-state index in [1.165, 1.54) is 4.70 Å². The van der Waals surface area contributed by atoms with Crippen LogP contribution in [0, 0.1) is 5.41 Å². The summed E-state index contributed by atoms with van der Waals surface area (Å²) in [4.78, 5) is 6.85. The molecular formula is C13H18N4S. The molecular weight excluding hydrogens is 244 g/mol. The summed E-state index contributed by atoms with van der Waals surface area (Å²) >= 11 is 1.69. The van der Waals surface area contributed by atoms with Gasteiger partial charge in [-0.25, -0.2) is 4.98 Å². The molecule has 18 heavy (non-hydrogen) atoms. The van der Waals surface area contributed by atoms with Gasteiger partial charge in [0.1, 0.15) is 0 Å². The highest BCUT2D eigenvalue weighted by atomic mass is 32.1. The number of rotatable bonds is 5. The van der Waals surface area contributed by atoms with Crippen molar-refractivity contribution in [2.24, 2.45) is 5.73 Å². The molecule has 0 atom stereocenters. The monoisotopic (exact) mass is 262 g/mol. The Labute approximate surface area is 111 Å². The van der Waals surface area contributed by atoms with Crippen molar-refractivity contribution in [3.05, 3.63) is 24.3 Å². The summed E-state index contributed by atoms with van der Waals surface area (Å²) in [5, 5.41) is 8.34. The maximum absolute atomic E-state index is 7.33. The smallest absolute Gasteiger partial charge is 0.186 e. The zero-order valence-electron chi connectivity index (χ0n) is 10.7. The lowest BCUT2D eigenvalue weighted by atomic mass is 10.3. The number of amidine groups is 1. The third-order valence-corrected chi connectivity index (χ3v) is 3.85. The normalized spacial score (nSPS) is 11.1. The van der Waals surface area contributed by atoms with Gasteiger partial charge in [-0.2, -0.15) is 0 Å². The Morgan fingerprint density at radius 3 is 2.78 bits per heavy atom. The van der Waals surface area contributed by atoms with Gasteiger partial charge in [-0.15, -0.1) is 0 Å². The lowest BCUT2D eigenvalue weighted by molar-refractivity contribution is 0.687. The molecule has 0 saturated heterocycles. The lowest BCUT2D eigenvalue weighted by Gasteiger charge is -2.25. The van der Waals surface area contributed by atoms with Gasteiger partial charge in [-0.3, -0.25) is 5.41 Å². The second kappa shape index (κ2) is 5.35. The second-order valence-electron chi connectivity index (χ2n) is 4.53. The number of hydrogen-bond acceptors (Lipinski definition) is 4. The van der Waals surface area contributed by atoms with E-state index in [0.717, 1.165) is 17.2 Å². The number of nitrogens with one attached hydrogen (secondary N) is 1. The highest BCUT2D eigenvalue weighted by Gasteiger charge is 2.15. The maximum Gasteiger partial charge on any atom is 0.186 e. The molecule has 2 rings (SSSR count). The minimum Gasteiger partial charge on any atom is -0.388 e. The second-order valence-corrected chi connectivity index (χ2v) is 5.54. The Bertz CT molecular complexity index is 514. The molecule has 2 aromatic rings. The number of hydrogen-bond donors (Lipinski definition) is 2. The number of aromatic nitrogens is 1. The molecule has 0 saturated carbocycles. The van der Waals surface area contributed by atoms with Crippen LogP contribution in [0.25, 0.3) is 10.2 Å². The van der Waals surface area contributed by atoms with Gasteiger partial charge in [-0.1, -0.05) is 23.5 Å². The van der Waals surface area contributed by atoms with Crippen molar-refractivity contribution < 1.29 is 0 Å². The molecule has 4 nitrogen and oxygen atoms in total. The van der Waals surface area contributed by atoms with Gasteiger partial charge in [0.2, 0.25) is 0 Å². The Kier molecular flexibility index (Phi) is 3.81. The van der Waals surface area contributed by atoms with Crippen LogP contribution in [0.1, 0.15) is 20.3 Å². The molecule has 0 bridgehead atoms. The van der Waals surface area contributed by atoms with E-state index in [4.69, 9.17) is 11.1 Å². The number of fused-ring (bicyclic) bond motifs is 1. The van der Waals surface area contributed by atoms with Crippen LogP contribution in [-0.2, 0) is 0 Å². The van der Waals surface area contributed by atoms with E-state index < -0.39 is 0 Å². The molecule has 0 aliphatic heterocycles. The van der Waals surface area contributed by atoms with Crippen LogP contribution < -0.4 is 10.6 Å². The molecule has 5 heteroatoms. The SMILES string of the molecule is CC(C)N(CCC(=N)N)c1nc2ccccc2s1. The minimum absolute atomic E-state index is 0.224. The molecule has 0 fully saturated rings. The van der Waals surface area contributed by atoms with Crippen LogP contribution >= 0.6 is 11.3 Å². The van der Waals surface area contributed by atoms with Crippen molar-refractivity contribution in [3.63, 3.8) is 0 Å². The summed E-state index contributed by atoms with van der Waals surface area (Å²) in [6.45, 7) is 5.01. The van der Waals surface area contributed by atoms with Crippen LogP contribution in [0.3, 0.4) is 0 Å². The topological polar surface area (TPSA) is 66.0 Å². The molecule has 0 aliphatic rings. The van der Waals surface area contributed by atoms with Crippen LogP contribution in [0.2, 0.25) is 0 Å². The average molecular weight is 262 g/mol. The fraction of sp³-hybridized carbons (Fsp3) is 0.385. The van der Waals surface area contributed by atoms with Gasteiger partial charge in [0.15, 0.2) is 5.13 Å². The lowest BCUT2D eigenvalue weighted by Crippen LogP contribution is -2.33. The minimum atomic E-state index is 0.224. The van der Waals surface area contributed by atoms with E-state index >= 15 is 0 Å². The van der Waals surface area contributed by atoms with E-state index in [1.54, 1.807) is 11.3 Å². The number of nitrogens with zero attached hydrogens (tertiary/aromatic N) is 2. The fourth-order valence-corrected chi connectivity index (χ4v) is 2.92.